The van der Waals surface area contributed by atoms with Crippen LogP contribution in [0, 0.1) is 13.8 Å². The van der Waals surface area contributed by atoms with Gasteiger partial charge in [0.05, 0.1) is 25.0 Å². The third-order valence-electron chi connectivity index (χ3n) is 5.64. The molecular formula is C28H28N2O4. The van der Waals surface area contributed by atoms with Gasteiger partial charge in [0.15, 0.2) is 0 Å². The summed E-state index contributed by atoms with van der Waals surface area (Å²) < 4.78 is 11.2. The highest BCUT2D eigenvalue weighted by molar-refractivity contribution is 6.46. The molecule has 0 fully saturated rings. The van der Waals surface area contributed by atoms with Gasteiger partial charge in [0.25, 0.3) is 11.8 Å². The van der Waals surface area contributed by atoms with E-state index >= 15 is 0 Å². The van der Waals surface area contributed by atoms with Crippen LogP contribution in [0.5, 0.6) is 11.5 Å². The molecule has 0 unspecified atom stereocenters. The van der Waals surface area contributed by atoms with Crippen molar-refractivity contribution in [1.82, 2.24) is 0 Å². The van der Waals surface area contributed by atoms with E-state index in [-0.39, 0.29) is 5.70 Å². The lowest BCUT2D eigenvalue weighted by atomic mass is 9.97. The number of nitrogens with zero attached hydrogens (tertiary/aromatic N) is 1. The minimum absolute atomic E-state index is 0.218. The molecule has 1 aliphatic rings. The fourth-order valence-corrected chi connectivity index (χ4v) is 4.03. The zero-order valence-electron chi connectivity index (χ0n) is 19.8. The molecule has 174 valence electrons. The predicted octanol–water partition coefficient (Wildman–Crippen LogP) is 5.50. The molecule has 0 aliphatic carbocycles. The van der Waals surface area contributed by atoms with Gasteiger partial charge in [-0.25, -0.2) is 4.90 Å². The SMILES string of the molecule is CCCOc1ccccc1N1C(=O)C(Nc2cccc(OC)c2)=C(c2ccc(C)cc2C)C1=O. The van der Waals surface area contributed by atoms with Crippen LogP contribution in [0.2, 0.25) is 0 Å². The third kappa shape index (κ3) is 4.39. The number of hydrogen-bond acceptors (Lipinski definition) is 5. The second-order valence-electron chi connectivity index (χ2n) is 8.19. The molecule has 6 heteroatoms. The van der Waals surface area contributed by atoms with E-state index in [4.69, 9.17) is 9.47 Å². The second-order valence-corrected chi connectivity index (χ2v) is 8.19. The Bertz CT molecular complexity index is 1280. The number of carbonyl (C=O) groups is 2. The summed E-state index contributed by atoms with van der Waals surface area (Å²) in [4.78, 5) is 28.8. The number of carbonyl (C=O) groups excluding carboxylic acids is 2. The first kappa shape index (κ1) is 23.1. The van der Waals surface area contributed by atoms with Crippen LogP contribution >= 0.6 is 0 Å². The van der Waals surface area contributed by atoms with Gasteiger partial charge in [-0.3, -0.25) is 9.59 Å². The quantitative estimate of drug-likeness (QED) is 0.454. The number of benzene rings is 3. The lowest BCUT2D eigenvalue weighted by molar-refractivity contribution is -0.120. The molecule has 1 N–H and O–H groups in total. The maximum absolute atomic E-state index is 13.8. The summed E-state index contributed by atoms with van der Waals surface area (Å²) in [6.07, 6.45) is 0.810. The normalized spacial score (nSPS) is 13.5. The van der Waals surface area contributed by atoms with Crippen molar-refractivity contribution in [3.05, 3.63) is 89.1 Å². The smallest absolute Gasteiger partial charge is 0.282 e. The van der Waals surface area contributed by atoms with Gasteiger partial charge in [0.1, 0.15) is 17.2 Å². The van der Waals surface area contributed by atoms with Crippen LogP contribution in [0.4, 0.5) is 11.4 Å². The van der Waals surface area contributed by atoms with Gasteiger partial charge in [-0.05, 0) is 55.7 Å². The predicted molar refractivity (Wildman–Crippen MR) is 134 cm³/mol. The maximum Gasteiger partial charge on any atom is 0.282 e. The lowest BCUT2D eigenvalue weighted by Gasteiger charge is -2.19. The van der Waals surface area contributed by atoms with E-state index in [0.29, 0.717) is 40.6 Å². The summed E-state index contributed by atoms with van der Waals surface area (Å²) in [5, 5.41) is 3.20. The van der Waals surface area contributed by atoms with Crippen LogP contribution in [0.1, 0.15) is 30.0 Å². The van der Waals surface area contributed by atoms with Crippen LogP contribution in [0.3, 0.4) is 0 Å². The Labute approximate surface area is 199 Å². The summed E-state index contributed by atoms with van der Waals surface area (Å²) >= 11 is 0. The Morgan fingerprint density at radius 3 is 2.44 bits per heavy atom. The van der Waals surface area contributed by atoms with Gasteiger partial charge < -0.3 is 14.8 Å². The highest BCUT2D eigenvalue weighted by Gasteiger charge is 2.41. The van der Waals surface area contributed by atoms with Crippen LogP contribution in [-0.2, 0) is 9.59 Å². The molecule has 6 nitrogen and oxygen atoms in total. The number of rotatable bonds is 8. The number of anilines is 2. The Morgan fingerprint density at radius 2 is 1.71 bits per heavy atom. The summed E-state index contributed by atoms with van der Waals surface area (Å²) in [5.41, 5.74) is 4.33. The first-order chi connectivity index (χ1) is 16.4. The molecule has 0 aromatic heterocycles. The molecule has 0 bridgehead atoms. The Hall–Kier alpha value is -4.06. The average molecular weight is 457 g/mol. The Morgan fingerprint density at radius 1 is 0.912 bits per heavy atom. The molecule has 3 aromatic rings. The van der Waals surface area contributed by atoms with Crippen LogP contribution in [-0.4, -0.2) is 25.5 Å². The molecule has 2 amide bonds. The lowest BCUT2D eigenvalue weighted by Crippen LogP contribution is -2.32. The number of imide groups is 1. The molecule has 0 atom stereocenters. The number of para-hydroxylation sites is 2. The largest absolute Gasteiger partial charge is 0.497 e. The first-order valence-electron chi connectivity index (χ1n) is 11.3. The van der Waals surface area contributed by atoms with Gasteiger partial charge in [-0.15, -0.1) is 0 Å². The van der Waals surface area contributed by atoms with Crippen molar-refractivity contribution in [1.29, 1.82) is 0 Å². The average Bonchev–Trinajstić information content (AvgIpc) is 3.07. The van der Waals surface area contributed by atoms with Crippen molar-refractivity contribution in [2.45, 2.75) is 27.2 Å². The van der Waals surface area contributed by atoms with Crippen molar-refractivity contribution in [3.8, 4) is 11.5 Å². The van der Waals surface area contributed by atoms with Crippen molar-refractivity contribution in [2.75, 3.05) is 23.9 Å². The van der Waals surface area contributed by atoms with E-state index in [1.165, 1.54) is 4.90 Å². The highest BCUT2D eigenvalue weighted by Crippen LogP contribution is 2.39. The zero-order chi connectivity index (χ0) is 24.2. The zero-order valence-corrected chi connectivity index (χ0v) is 19.8. The molecule has 1 heterocycles. The fraction of sp³-hybridized carbons (Fsp3) is 0.214. The molecule has 1 aliphatic heterocycles. The fourth-order valence-electron chi connectivity index (χ4n) is 4.03. The van der Waals surface area contributed by atoms with Crippen LogP contribution < -0.4 is 19.7 Å². The molecule has 0 spiro atoms. The Kier molecular flexibility index (Phi) is 6.68. The van der Waals surface area contributed by atoms with E-state index in [0.717, 1.165) is 17.5 Å². The van der Waals surface area contributed by atoms with Gasteiger partial charge in [-0.2, -0.15) is 0 Å². The molecule has 0 saturated heterocycles. The number of nitrogens with one attached hydrogen (secondary N) is 1. The molecule has 34 heavy (non-hydrogen) atoms. The van der Waals surface area contributed by atoms with E-state index in [1.54, 1.807) is 31.4 Å². The van der Waals surface area contributed by atoms with Crippen molar-refractivity contribution in [2.24, 2.45) is 0 Å². The first-order valence-corrected chi connectivity index (χ1v) is 11.3. The summed E-state index contributed by atoms with van der Waals surface area (Å²) in [7, 11) is 1.58. The minimum Gasteiger partial charge on any atom is -0.497 e. The minimum atomic E-state index is -0.435. The number of ether oxygens (including phenoxy) is 2. The number of hydrogen-bond donors (Lipinski definition) is 1. The van der Waals surface area contributed by atoms with E-state index in [1.807, 2.05) is 63.2 Å². The van der Waals surface area contributed by atoms with Crippen molar-refractivity contribution in [3.63, 3.8) is 0 Å². The number of methoxy groups -OCH3 is 1. The van der Waals surface area contributed by atoms with Crippen molar-refractivity contribution >= 4 is 28.8 Å². The van der Waals surface area contributed by atoms with E-state index in [9.17, 15) is 9.59 Å². The molecule has 4 rings (SSSR count). The number of amides is 2. The van der Waals surface area contributed by atoms with Crippen LogP contribution in [0.25, 0.3) is 5.57 Å². The van der Waals surface area contributed by atoms with E-state index in [2.05, 4.69) is 5.32 Å². The topological polar surface area (TPSA) is 67.9 Å². The van der Waals surface area contributed by atoms with Crippen LogP contribution in [0.15, 0.2) is 72.4 Å². The second kappa shape index (κ2) is 9.83. The number of aryl methyl sites for hydroxylation is 2. The summed E-state index contributed by atoms with van der Waals surface area (Å²) in [6.45, 7) is 6.43. The van der Waals surface area contributed by atoms with Gasteiger partial charge in [-0.1, -0.05) is 48.9 Å². The van der Waals surface area contributed by atoms with Crippen molar-refractivity contribution < 1.29 is 19.1 Å². The highest BCUT2D eigenvalue weighted by atomic mass is 16.5. The van der Waals surface area contributed by atoms with Gasteiger partial charge in [0.2, 0.25) is 0 Å². The monoisotopic (exact) mass is 456 g/mol. The van der Waals surface area contributed by atoms with Gasteiger partial charge >= 0.3 is 0 Å². The maximum atomic E-state index is 13.8. The third-order valence-corrected chi connectivity index (χ3v) is 5.64. The van der Waals surface area contributed by atoms with Gasteiger partial charge in [0, 0.05) is 11.8 Å². The summed E-state index contributed by atoms with van der Waals surface area (Å²) in [6, 6.07) is 20.2. The standard InChI is InChI=1S/C28H28N2O4/c1-5-15-34-24-12-7-6-11-23(24)30-27(31)25(22-14-13-18(2)16-19(22)3)26(28(30)32)29-20-9-8-10-21(17-20)33-4/h6-14,16-17,29H,5,15H2,1-4H3. The Balaban J connectivity index is 1.84. The molecule has 3 aromatic carbocycles. The molecular weight excluding hydrogens is 428 g/mol. The summed E-state index contributed by atoms with van der Waals surface area (Å²) in [5.74, 6) is 0.310. The molecule has 0 saturated carbocycles. The van der Waals surface area contributed by atoms with E-state index < -0.39 is 11.8 Å². The molecule has 0 radical (unpaired) electrons.